The number of nitrogens with one attached hydrogen (secondary N) is 1. The molecule has 0 aliphatic heterocycles. The molecule has 150 valence electrons. The van der Waals surface area contributed by atoms with Crippen LogP contribution in [0, 0.1) is 0 Å². The largest absolute Gasteiger partial charge is 0.323 e. The zero-order valence-corrected chi connectivity index (χ0v) is 17.9. The number of anilines is 1. The zero-order valence-electron chi connectivity index (χ0n) is 15.5. The summed E-state index contributed by atoms with van der Waals surface area (Å²) < 4.78 is 4.44. The summed E-state index contributed by atoms with van der Waals surface area (Å²) in [6.07, 6.45) is 7.55. The van der Waals surface area contributed by atoms with Gasteiger partial charge in [-0.15, -0.1) is 22.7 Å². The Morgan fingerprint density at radius 2 is 2.07 bits per heavy atom. The first-order valence-electron chi connectivity index (χ1n) is 9.07. The molecule has 10 heteroatoms. The fourth-order valence-corrected chi connectivity index (χ4v) is 4.98. The van der Waals surface area contributed by atoms with Gasteiger partial charge in [-0.3, -0.25) is 9.48 Å². The first-order valence-corrected chi connectivity index (χ1v) is 11.1. The van der Waals surface area contributed by atoms with Crippen LogP contribution in [0.25, 0.3) is 15.5 Å². The summed E-state index contributed by atoms with van der Waals surface area (Å²) in [5.74, 6) is -0.136. The number of aromatic nitrogens is 5. The van der Waals surface area contributed by atoms with E-state index < -0.39 is 0 Å². The fraction of sp³-hybridized carbons (Fsp3) is 0.100. The maximum absolute atomic E-state index is 12.4. The Bertz CT molecular complexity index is 1300. The number of thiazole rings is 1. The van der Waals surface area contributed by atoms with Crippen molar-refractivity contribution in [2.24, 2.45) is 0 Å². The van der Waals surface area contributed by atoms with Gasteiger partial charge in [-0.05, 0) is 24.3 Å². The molecule has 0 aliphatic rings. The van der Waals surface area contributed by atoms with Gasteiger partial charge < -0.3 is 9.72 Å². The first-order chi connectivity index (χ1) is 14.6. The molecule has 0 fully saturated rings. The number of carbonyl (C=O) groups excluding carboxylic acids is 1. The van der Waals surface area contributed by atoms with Crippen molar-refractivity contribution in [1.82, 2.24) is 24.1 Å². The average molecular weight is 455 g/mol. The molecule has 0 radical (unpaired) electrons. The molecular weight excluding hydrogens is 440 g/mol. The fourth-order valence-electron chi connectivity index (χ4n) is 3.04. The van der Waals surface area contributed by atoms with Gasteiger partial charge in [0, 0.05) is 24.0 Å². The van der Waals surface area contributed by atoms with Gasteiger partial charge in [-0.2, -0.15) is 5.10 Å². The van der Waals surface area contributed by atoms with E-state index in [4.69, 9.17) is 11.6 Å². The predicted molar refractivity (Wildman–Crippen MR) is 119 cm³/mol. The molecule has 0 atom stereocenters. The highest BCUT2D eigenvalue weighted by Gasteiger charge is 2.12. The predicted octanol–water partition coefficient (Wildman–Crippen LogP) is 4.60. The van der Waals surface area contributed by atoms with E-state index in [2.05, 4.69) is 20.4 Å². The topological polar surface area (TPSA) is 77.1 Å². The lowest BCUT2D eigenvalue weighted by atomic mass is 10.3. The number of nitrogens with zero attached hydrogens (tertiary/aromatic N) is 5. The van der Waals surface area contributed by atoms with Crippen LogP contribution in [0.15, 0.2) is 60.5 Å². The standard InChI is InChI=1S/C20H15ClN6OS2/c21-17-5-4-16(30-17)20-25-13(12-29-20)7-19(28)24-14-8-22-27(10-14)11-15-9-26-6-2-1-3-18(26)23-15/h1-6,8-10,12H,7,11H2,(H,24,28). The quantitative estimate of drug-likeness (QED) is 0.407. The highest BCUT2D eigenvalue weighted by molar-refractivity contribution is 7.23. The van der Waals surface area contributed by atoms with Crippen LogP contribution in [-0.2, 0) is 17.8 Å². The van der Waals surface area contributed by atoms with Crippen molar-refractivity contribution >= 4 is 51.5 Å². The number of rotatable bonds is 6. The van der Waals surface area contributed by atoms with Gasteiger partial charge in [0.15, 0.2) is 0 Å². The number of carbonyl (C=O) groups is 1. The maximum Gasteiger partial charge on any atom is 0.230 e. The summed E-state index contributed by atoms with van der Waals surface area (Å²) in [6, 6.07) is 9.65. The first kappa shape index (κ1) is 19.0. The molecule has 0 saturated carbocycles. The Labute approximate surface area is 184 Å². The minimum absolute atomic E-state index is 0.136. The van der Waals surface area contributed by atoms with Gasteiger partial charge in [0.25, 0.3) is 0 Å². The Kier molecular flexibility index (Phi) is 5.07. The van der Waals surface area contributed by atoms with E-state index in [0.717, 1.165) is 31.3 Å². The van der Waals surface area contributed by atoms with E-state index in [1.165, 1.54) is 22.7 Å². The molecule has 30 heavy (non-hydrogen) atoms. The van der Waals surface area contributed by atoms with Crippen LogP contribution in [0.1, 0.15) is 11.4 Å². The third-order valence-corrected chi connectivity index (χ3v) is 6.62. The SMILES string of the molecule is O=C(Cc1csc(-c2ccc(Cl)s2)n1)Nc1cnn(Cc2cn3ccccc3n2)c1. The molecule has 1 N–H and O–H groups in total. The number of amides is 1. The van der Waals surface area contributed by atoms with Gasteiger partial charge in [-0.1, -0.05) is 17.7 Å². The highest BCUT2D eigenvalue weighted by atomic mass is 35.5. The molecular formula is C20H15ClN6OS2. The summed E-state index contributed by atoms with van der Waals surface area (Å²) in [5.41, 5.74) is 3.16. The second-order valence-corrected chi connectivity index (χ2v) is 9.17. The number of pyridine rings is 1. The minimum atomic E-state index is -0.136. The molecule has 0 unspecified atom stereocenters. The van der Waals surface area contributed by atoms with Crippen LogP contribution >= 0.6 is 34.3 Å². The molecule has 0 spiro atoms. The number of imidazole rings is 1. The molecule has 0 aromatic carbocycles. The number of hydrogen-bond donors (Lipinski definition) is 1. The third kappa shape index (κ3) is 4.13. The van der Waals surface area contributed by atoms with Crippen molar-refractivity contribution in [3.63, 3.8) is 0 Å². The van der Waals surface area contributed by atoms with E-state index in [1.807, 2.05) is 52.5 Å². The summed E-state index contributed by atoms with van der Waals surface area (Å²) >= 11 is 8.97. The highest BCUT2D eigenvalue weighted by Crippen LogP contribution is 2.33. The molecule has 5 aromatic heterocycles. The average Bonchev–Trinajstić information content (AvgIpc) is 3.49. The van der Waals surface area contributed by atoms with Crippen LogP contribution in [0.4, 0.5) is 5.69 Å². The van der Waals surface area contributed by atoms with Crippen molar-refractivity contribution in [2.45, 2.75) is 13.0 Å². The lowest BCUT2D eigenvalue weighted by molar-refractivity contribution is -0.115. The van der Waals surface area contributed by atoms with Crippen molar-refractivity contribution in [1.29, 1.82) is 0 Å². The molecule has 5 heterocycles. The Hall–Kier alpha value is -3.01. The Morgan fingerprint density at radius 3 is 2.90 bits per heavy atom. The van der Waals surface area contributed by atoms with Gasteiger partial charge >= 0.3 is 0 Å². The lowest BCUT2D eigenvalue weighted by Crippen LogP contribution is -2.14. The summed E-state index contributed by atoms with van der Waals surface area (Å²) in [5, 5.41) is 9.96. The number of halogens is 1. The van der Waals surface area contributed by atoms with Gasteiger partial charge in [0.05, 0.1) is 45.5 Å². The normalized spacial score (nSPS) is 11.2. The van der Waals surface area contributed by atoms with Crippen LogP contribution in [-0.4, -0.2) is 30.1 Å². The number of thiophene rings is 1. The summed E-state index contributed by atoms with van der Waals surface area (Å²) in [6.45, 7) is 0.524. The molecule has 7 nitrogen and oxygen atoms in total. The molecule has 0 bridgehead atoms. The van der Waals surface area contributed by atoms with Crippen molar-refractivity contribution in [3.8, 4) is 9.88 Å². The number of hydrogen-bond acceptors (Lipinski definition) is 6. The van der Waals surface area contributed by atoms with Crippen molar-refractivity contribution < 1.29 is 4.79 Å². The van der Waals surface area contributed by atoms with Crippen LogP contribution in [0.3, 0.4) is 0 Å². The van der Waals surface area contributed by atoms with Crippen LogP contribution in [0.2, 0.25) is 4.34 Å². The second kappa shape index (κ2) is 8.02. The van der Waals surface area contributed by atoms with E-state index in [1.54, 1.807) is 17.1 Å². The van der Waals surface area contributed by atoms with Crippen molar-refractivity contribution in [3.05, 3.63) is 76.2 Å². The molecule has 5 aromatic rings. The third-order valence-electron chi connectivity index (χ3n) is 4.33. The monoisotopic (exact) mass is 454 g/mol. The second-order valence-electron chi connectivity index (χ2n) is 6.60. The smallest absolute Gasteiger partial charge is 0.230 e. The van der Waals surface area contributed by atoms with Crippen LogP contribution in [0.5, 0.6) is 0 Å². The van der Waals surface area contributed by atoms with E-state index in [9.17, 15) is 4.79 Å². The minimum Gasteiger partial charge on any atom is -0.323 e. The summed E-state index contributed by atoms with van der Waals surface area (Å²) in [4.78, 5) is 22.5. The Morgan fingerprint density at radius 1 is 1.13 bits per heavy atom. The van der Waals surface area contributed by atoms with Gasteiger partial charge in [0.1, 0.15) is 10.7 Å². The zero-order chi connectivity index (χ0) is 20.5. The van der Waals surface area contributed by atoms with E-state index in [-0.39, 0.29) is 12.3 Å². The number of fused-ring (bicyclic) bond motifs is 1. The summed E-state index contributed by atoms with van der Waals surface area (Å²) in [7, 11) is 0. The van der Waals surface area contributed by atoms with Crippen LogP contribution < -0.4 is 5.32 Å². The molecule has 0 saturated heterocycles. The maximum atomic E-state index is 12.4. The van der Waals surface area contributed by atoms with E-state index in [0.29, 0.717) is 12.2 Å². The van der Waals surface area contributed by atoms with E-state index >= 15 is 0 Å². The van der Waals surface area contributed by atoms with Gasteiger partial charge in [-0.25, -0.2) is 9.97 Å². The molecule has 1 amide bonds. The molecule has 0 aliphatic carbocycles. The Balaban J connectivity index is 1.21. The lowest BCUT2D eigenvalue weighted by Gasteiger charge is -2.00. The molecule has 5 rings (SSSR count). The van der Waals surface area contributed by atoms with Crippen molar-refractivity contribution in [2.75, 3.05) is 5.32 Å². The van der Waals surface area contributed by atoms with Gasteiger partial charge in [0.2, 0.25) is 5.91 Å².